The predicted molar refractivity (Wildman–Crippen MR) is 82.9 cm³/mol. The molecule has 1 aliphatic rings. The minimum Gasteiger partial charge on any atom is -0.385 e. The average molecular weight is 276 g/mol. The first-order chi connectivity index (χ1) is 9.66. The zero-order valence-electron chi connectivity index (χ0n) is 13.1. The van der Waals surface area contributed by atoms with Gasteiger partial charge in [0.05, 0.1) is 5.60 Å². The number of aliphatic hydroxyl groups is 1. The zero-order valence-corrected chi connectivity index (χ0v) is 13.1. The van der Waals surface area contributed by atoms with Gasteiger partial charge in [-0.15, -0.1) is 0 Å². The molecular weight excluding hydrogens is 248 g/mol. The van der Waals surface area contributed by atoms with Crippen molar-refractivity contribution in [2.24, 2.45) is 0 Å². The van der Waals surface area contributed by atoms with Crippen LogP contribution < -0.4 is 0 Å². The summed E-state index contributed by atoms with van der Waals surface area (Å²) in [4.78, 5) is 0. The molecule has 0 heterocycles. The van der Waals surface area contributed by atoms with Crippen LogP contribution in [0.5, 0.6) is 0 Å². The van der Waals surface area contributed by atoms with Crippen LogP contribution >= 0.6 is 0 Å². The van der Waals surface area contributed by atoms with Crippen molar-refractivity contribution in [3.63, 3.8) is 0 Å². The number of ether oxygens (including phenoxy) is 1. The molecule has 1 unspecified atom stereocenters. The van der Waals surface area contributed by atoms with Gasteiger partial charge in [-0.25, -0.2) is 0 Å². The van der Waals surface area contributed by atoms with E-state index in [0.29, 0.717) is 6.61 Å². The minimum absolute atomic E-state index is 0.452. The van der Waals surface area contributed by atoms with E-state index in [1.807, 2.05) is 6.92 Å². The van der Waals surface area contributed by atoms with Crippen LogP contribution in [0.3, 0.4) is 0 Å². The van der Waals surface area contributed by atoms with Crippen molar-refractivity contribution in [2.75, 3.05) is 6.61 Å². The molecule has 20 heavy (non-hydrogen) atoms. The summed E-state index contributed by atoms with van der Waals surface area (Å²) in [5, 5.41) is 10.7. The van der Waals surface area contributed by atoms with Crippen LogP contribution in [-0.2, 0) is 4.74 Å². The Balaban J connectivity index is 2.15. The van der Waals surface area contributed by atoms with Gasteiger partial charge in [0.15, 0.2) is 0 Å². The molecule has 0 aliphatic heterocycles. The highest BCUT2D eigenvalue weighted by molar-refractivity contribution is 5.29. The Morgan fingerprint density at radius 3 is 2.15 bits per heavy atom. The van der Waals surface area contributed by atoms with Gasteiger partial charge in [-0.05, 0) is 49.7 Å². The molecule has 2 heteroatoms. The number of hydrogen-bond acceptors (Lipinski definition) is 2. The number of benzene rings is 1. The van der Waals surface area contributed by atoms with Gasteiger partial charge in [0.1, 0.15) is 6.10 Å². The van der Waals surface area contributed by atoms with Crippen molar-refractivity contribution in [3.05, 3.63) is 35.4 Å². The molecule has 0 aromatic heterocycles. The predicted octanol–water partition coefficient (Wildman–Crippen LogP) is 4.58. The van der Waals surface area contributed by atoms with Crippen LogP contribution in [0, 0.1) is 0 Å². The van der Waals surface area contributed by atoms with E-state index in [4.69, 9.17) is 4.74 Å². The number of hydrogen-bond donors (Lipinski definition) is 1. The molecule has 1 fully saturated rings. The molecule has 112 valence electrons. The Morgan fingerprint density at radius 1 is 1.15 bits per heavy atom. The van der Waals surface area contributed by atoms with E-state index >= 15 is 0 Å². The molecular formula is C18H28O2. The van der Waals surface area contributed by atoms with E-state index < -0.39 is 11.7 Å². The molecule has 1 aromatic carbocycles. The van der Waals surface area contributed by atoms with Gasteiger partial charge < -0.3 is 9.84 Å². The highest BCUT2D eigenvalue weighted by Crippen LogP contribution is 2.39. The lowest BCUT2D eigenvalue weighted by atomic mass is 9.79. The first-order valence-corrected chi connectivity index (χ1v) is 8.08. The second-order valence-electron chi connectivity index (χ2n) is 5.90. The quantitative estimate of drug-likeness (QED) is 0.789. The SMILES string of the molecule is CCOC(CC)(CC)C(O)c1ccc(C2CCC2)cc1. The van der Waals surface area contributed by atoms with Crippen LogP contribution in [0.4, 0.5) is 0 Å². The summed E-state index contributed by atoms with van der Waals surface area (Å²) in [7, 11) is 0. The summed E-state index contributed by atoms with van der Waals surface area (Å²) >= 11 is 0. The van der Waals surface area contributed by atoms with Gasteiger partial charge in [0.2, 0.25) is 0 Å². The van der Waals surface area contributed by atoms with Crippen molar-refractivity contribution in [3.8, 4) is 0 Å². The van der Waals surface area contributed by atoms with Gasteiger partial charge in [-0.3, -0.25) is 0 Å². The minimum atomic E-state index is -0.548. The Kier molecular flexibility index (Phi) is 5.22. The lowest BCUT2D eigenvalue weighted by molar-refractivity contribution is -0.127. The average Bonchev–Trinajstić information content (AvgIpc) is 2.43. The fourth-order valence-corrected chi connectivity index (χ4v) is 3.20. The Morgan fingerprint density at radius 2 is 1.75 bits per heavy atom. The molecule has 0 saturated heterocycles. The first kappa shape index (κ1) is 15.5. The summed E-state index contributed by atoms with van der Waals surface area (Å²) in [6.45, 7) is 6.81. The standard InChI is InChI=1S/C18H28O2/c1-4-18(5-2,20-6-3)17(19)16-12-10-15(11-13-16)14-8-7-9-14/h10-14,17,19H,4-9H2,1-3H3. The Hall–Kier alpha value is -0.860. The van der Waals surface area contributed by atoms with Crippen molar-refractivity contribution < 1.29 is 9.84 Å². The molecule has 2 rings (SSSR count). The second kappa shape index (κ2) is 6.73. The van der Waals surface area contributed by atoms with E-state index in [-0.39, 0.29) is 0 Å². The molecule has 1 aromatic rings. The van der Waals surface area contributed by atoms with Gasteiger partial charge in [0.25, 0.3) is 0 Å². The Labute approximate surface area is 123 Å². The van der Waals surface area contributed by atoms with E-state index in [1.165, 1.54) is 24.8 Å². The normalized spacial score (nSPS) is 17.8. The van der Waals surface area contributed by atoms with Gasteiger partial charge in [-0.2, -0.15) is 0 Å². The molecule has 1 saturated carbocycles. The summed E-state index contributed by atoms with van der Waals surface area (Å²) in [5.74, 6) is 0.746. The highest BCUT2D eigenvalue weighted by Gasteiger charge is 2.36. The first-order valence-electron chi connectivity index (χ1n) is 8.08. The molecule has 0 bridgehead atoms. The Bertz CT molecular complexity index is 402. The lowest BCUT2D eigenvalue weighted by Gasteiger charge is -2.36. The van der Waals surface area contributed by atoms with Gasteiger partial charge in [0, 0.05) is 6.61 Å². The summed E-state index contributed by atoms with van der Waals surface area (Å²) in [6.07, 6.45) is 5.08. The molecule has 2 nitrogen and oxygen atoms in total. The summed E-state index contributed by atoms with van der Waals surface area (Å²) < 4.78 is 5.90. The topological polar surface area (TPSA) is 29.5 Å². The van der Waals surface area contributed by atoms with E-state index in [2.05, 4.69) is 38.1 Å². The fraction of sp³-hybridized carbons (Fsp3) is 0.667. The van der Waals surface area contributed by atoms with Crippen molar-refractivity contribution in [1.82, 2.24) is 0 Å². The second-order valence-corrected chi connectivity index (χ2v) is 5.90. The third kappa shape index (κ3) is 2.91. The summed E-state index contributed by atoms with van der Waals surface area (Å²) in [5.41, 5.74) is 1.94. The maximum atomic E-state index is 10.7. The van der Waals surface area contributed by atoms with Crippen LogP contribution in [0.2, 0.25) is 0 Å². The molecule has 0 radical (unpaired) electrons. The van der Waals surface area contributed by atoms with E-state index in [1.54, 1.807) is 0 Å². The largest absolute Gasteiger partial charge is 0.385 e. The monoisotopic (exact) mass is 276 g/mol. The van der Waals surface area contributed by atoms with Crippen LogP contribution in [-0.4, -0.2) is 17.3 Å². The maximum absolute atomic E-state index is 10.7. The maximum Gasteiger partial charge on any atom is 0.108 e. The van der Waals surface area contributed by atoms with Crippen molar-refractivity contribution in [1.29, 1.82) is 0 Å². The van der Waals surface area contributed by atoms with Crippen molar-refractivity contribution >= 4 is 0 Å². The molecule has 0 amide bonds. The van der Waals surface area contributed by atoms with Gasteiger partial charge >= 0.3 is 0 Å². The smallest absolute Gasteiger partial charge is 0.108 e. The molecule has 1 atom stereocenters. The van der Waals surface area contributed by atoms with Crippen LogP contribution in [0.15, 0.2) is 24.3 Å². The number of aliphatic hydroxyl groups excluding tert-OH is 1. The zero-order chi connectivity index (χ0) is 14.6. The molecule has 0 spiro atoms. The molecule has 1 aliphatic carbocycles. The third-order valence-electron chi connectivity index (χ3n) is 4.96. The fourth-order valence-electron chi connectivity index (χ4n) is 3.20. The summed E-state index contributed by atoms with van der Waals surface area (Å²) in [6, 6.07) is 8.53. The van der Waals surface area contributed by atoms with Gasteiger partial charge in [-0.1, -0.05) is 44.5 Å². The van der Waals surface area contributed by atoms with Crippen LogP contribution in [0.25, 0.3) is 0 Å². The van der Waals surface area contributed by atoms with Crippen molar-refractivity contribution in [2.45, 2.75) is 70.5 Å². The van der Waals surface area contributed by atoms with E-state index in [0.717, 1.165) is 24.3 Å². The lowest BCUT2D eigenvalue weighted by Crippen LogP contribution is -2.38. The highest BCUT2D eigenvalue weighted by atomic mass is 16.5. The number of rotatable bonds is 7. The molecule has 1 N–H and O–H groups in total. The van der Waals surface area contributed by atoms with E-state index in [9.17, 15) is 5.11 Å². The third-order valence-corrected chi connectivity index (χ3v) is 4.96. The van der Waals surface area contributed by atoms with Crippen LogP contribution in [0.1, 0.15) is 76.0 Å².